The summed E-state index contributed by atoms with van der Waals surface area (Å²) >= 11 is 0. The third kappa shape index (κ3) is 18.4. The molecule has 0 heterocycles. The zero-order chi connectivity index (χ0) is 41.8. The Hall–Kier alpha value is -4.83. The Morgan fingerprint density at radius 2 is 1.20 bits per heavy atom. The van der Waals surface area contributed by atoms with E-state index < -0.39 is 103 Å². The van der Waals surface area contributed by atoms with Crippen molar-refractivity contribution in [1.29, 1.82) is 0 Å². The van der Waals surface area contributed by atoms with Crippen LogP contribution in [0.1, 0.15) is 98.0 Å². The number of amides is 5. The van der Waals surface area contributed by atoms with Crippen molar-refractivity contribution in [3.8, 4) is 0 Å². The molecule has 5 amide bonds. The first-order valence-electron chi connectivity index (χ1n) is 18.7. The molecule has 0 aliphatic carbocycles. The Bertz CT molecular complexity index is 1500. The van der Waals surface area contributed by atoms with Gasteiger partial charge in [-0.25, -0.2) is 0 Å². The summed E-state index contributed by atoms with van der Waals surface area (Å²) in [5.74, 6) is -9.36. The van der Waals surface area contributed by atoms with Gasteiger partial charge in [-0.3, -0.25) is 38.4 Å². The van der Waals surface area contributed by atoms with Gasteiger partial charge in [-0.15, -0.1) is 0 Å². The lowest BCUT2D eigenvalue weighted by molar-refractivity contribution is -0.137. The van der Waals surface area contributed by atoms with Crippen LogP contribution in [0.5, 0.6) is 0 Å². The number of aliphatic hydroxyl groups excluding tert-OH is 2. The van der Waals surface area contributed by atoms with Crippen LogP contribution >= 0.6 is 0 Å². The maximum atomic E-state index is 13.7. The molecule has 1 aromatic carbocycles. The number of nitrogens with two attached hydrogens (primary N) is 2. The van der Waals surface area contributed by atoms with Gasteiger partial charge in [0.15, 0.2) is 17.3 Å². The van der Waals surface area contributed by atoms with Gasteiger partial charge in [0.25, 0.3) is 0 Å². The highest BCUT2D eigenvalue weighted by Gasteiger charge is 2.35. The zero-order valence-electron chi connectivity index (χ0n) is 32.5. The van der Waals surface area contributed by atoms with E-state index in [1.165, 1.54) is 13.8 Å². The lowest BCUT2D eigenvalue weighted by Gasteiger charge is -2.26. The number of nitrogens with one attached hydrogen (secondary N) is 3. The van der Waals surface area contributed by atoms with Gasteiger partial charge in [0.05, 0.1) is 30.7 Å². The predicted octanol–water partition coefficient (Wildman–Crippen LogP) is 0.359. The molecule has 0 fully saturated rings. The molecule has 0 aliphatic rings. The van der Waals surface area contributed by atoms with Crippen LogP contribution in [-0.4, -0.2) is 93.7 Å². The van der Waals surface area contributed by atoms with Gasteiger partial charge >= 0.3 is 0 Å². The predicted molar refractivity (Wildman–Crippen MR) is 201 cm³/mol. The second-order valence-electron chi connectivity index (χ2n) is 14.5. The molecule has 0 aromatic heterocycles. The Kier molecular flexibility index (Phi) is 21.5. The van der Waals surface area contributed by atoms with Crippen LogP contribution in [-0.2, 0) is 49.6 Å². The third-order valence-electron chi connectivity index (χ3n) is 9.17. The first kappa shape index (κ1) is 48.2. The number of hydrogen-bond donors (Lipinski definition) is 7. The van der Waals surface area contributed by atoms with E-state index in [4.69, 9.17) is 11.5 Å². The summed E-state index contributed by atoms with van der Waals surface area (Å²) in [7, 11) is 0. The largest absolute Gasteiger partial charge is 0.394 e. The Balaban J connectivity index is 3.27. The minimum Gasteiger partial charge on any atom is -0.394 e. The minimum atomic E-state index is -1.46. The number of benzene rings is 1. The van der Waals surface area contributed by atoms with E-state index in [-0.39, 0.29) is 62.4 Å². The van der Waals surface area contributed by atoms with Crippen LogP contribution < -0.4 is 27.4 Å². The monoisotopic (exact) mass is 773 g/mol. The van der Waals surface area contributed by atoms with Gasteiger partial charge in [-0.2, -0.15) is 0 Å². The summed E-state index contributed by atoms with van der Waals surface area (Å²) in [5, 5.41) is 28.2. The lowest BCUT2D eigenvalue weighted by atomic mass is 9.89. The van der Waals surface area contributed by atoms with E-state index in [0.717, 1.165) is 5.56 Å². The molecular weight excluding hydrogens is 714 g/mol. The Morgan fingerprint density at radius 1 is 0.673 bits per heavy atom. The normalized spacial score (nSPS) is 15.0. The highest BCUT2D eigenvalue weighted by atomic mass is 16.3. The van der Waals surface area contributed by atoms with E-state index >= 15 is 0 Å². The average molecular weight is 774 g/mol. The van der Waals surface area contributed by atoms with E-state index in [2.05, 4.69) is 16.0 Å². The fourth-order valence-electron chi connectivity index (χ4n) is 6.10. The SMILES string of the molecule is CCC(=O)[C@H](Cc1ccccc1)NC(=O)[C@@H](CC(=O)[C@H](CCC(N)=O)NC(=O)[C@H](CCC(N)=O)CC(=O)[C@H](CO)NC(=O)[C@@H](CC(C)=O)CC(C)C)C(C)O. The Morgan fingerprint density at radius 3 is 1.71 bits per heavy atom. The maximum absolute atomic E-state index is 13.7. The number of ketones is 4. The molecule has 16 heteroatoms. The molecule has 1 rings (SSSR count). The number of Topliss-reactive ketones (excluding diaryl/α,β-unsaturated/α-hetero) is 4. The summed E-state index contributed by atoms with van der Waals surface area (Å²) < 4.78 is 0. The standard InChI is InChI=1S/C39H59N5O11/c1-6-32(48)30(18-25-10-8-7-9-11-25)43-39(55)28(24(5)47)20-34(50)29(13-15-36(41)52)42-37(53)26(12-14-35(40)51)19-33(49)31(21-45)44-38(54)27(16-22(2)3)17-23(4)46/h7-11,22,24,26-31,45,47H,6,12-21H2,1-5H3,(H2,40,51)(H2,41,52)(H,42,53)(H,43,55)(H,44,54)/t24?,26-,27-,28+,29+,30+,31+/m1/s1. The molecule has 7 atom stereocenters. The lowest BCUT2D eigenvalue weighted by Crippen LogP contribution is -2.50. The van der Waals surface area contributed by atoms with E-state index in [1.807, 2.05) is 13.8 Å². The summed E-state index contributed by atoms with van der Waals surface area (Å²) in [6.45, 7) is 7.14. The highest BCUT2D eigenvalue weighted by Crippen LogP contribution is 2.20. The zero-order valence-corrected chi connectivity index (χ0v) is 32.5. The van der Waals surface area contributed by atoms with Crippen molar-refractivity contribution >= 4 is 52.7 Å². The van der Waals surface area contributed by atoms with Crippen molar-refractivity contribution in [2.75, 3.05) is 6.61 Å². The molecule has 0 aliphatic heterocycles. The molecule has 55 heavy (non-hydrogen) atoms. The molecule has 0 spiro atoms. The van der Waals surface area contributed by atoms with Gasteiger partial charge < -0.3 is 42.4 Å². The van der Waals surface area contributed by atoms with Gasteiger partial charge in [0.1, 0.15) is 11.8 Å². The fraction of sp³-hybridized carbons (Fsp3) is 0.615. The van der Waals surface area contributed by atoms with Gasteiger partial charge in [-0.05, 0) is 51.0 Å². The van der Waals surface area contributed by atoms with Crippen molar-refractivity contribution in [3.05, 3.63) is 35.9 Å². The van der Waals surface area contributed by atoms with Crippen molar-refractivity contribution in [2.24, 2.45) is 35.1 Å². The van der Waals surface area contributed by atoms with Crippen LogP contribution in [0.25, 0.3) is 0 Å². The third-order valence-corrected chi connectivity index (χ3v) is 9.17. The highest BCUT2D eigenvalue weighted by molar-refractivity contribution is 5.97. The second kappa shape index (κ2) is 24.6. The fourth-order valence-corrected chi connectivity index (χ4v) is 6.10. The number of carbonyl (C=O) groups excluding carboxylic acids is 9. The van der Waals surface area contributed by atoms with E-state index in [0.29, 0.717) is 6.42 Å². The number of aliphatic hydroxyl groups is 2. The molecule has 1 unspecified atom stereocenters. The minimum absolute atomic E-state index is 0.0394. The molecular formula is C39H59N5O11. The van der Waals surface area contributed by atoms with Crippen LogP contribution in [0, 0.1) is 23.7 Å². The molecule has 306 valence electrons. The summed E-state index contributed by atoms with van der Waals surface area (Å²) in [4.78, 5) is 115. The second-order valence-corrected chi connectivity index (χ2v) is 14.5. The van der Waals surface area contributed by atoms with Gasteiger partial charge in [0.2, 0.25) is 29.5 Å². The first-order valence-corrected chi connectivity index (χ1v) is 18.7. The molecule has 0 radical (unpaired) electrons. The number of primary amides is 2. The Labute approximate surface area is 322 Å². The van der Waals surface area contributed by atoms with Crippen LogP contribution in [0.4, 0.5) is 0 Å². The maximum Gasteiger partial charge on any atom is 0.226 e. The van der Waals surface area contributed by atoms with Crippen molar-refractivity contribution in [1.82, 2.24) is 16.0 Å². The summed E-state index contributed by atoms with van der Waals surface area (Å²) in [6, 6.07) is 5.08. The van der Waals surface area contributed by atoms with E-state index in [1.54, 1.807) is 37.3 Å². The van der Waals surface area contributed by atoms with Crippen molar-refractivity contribution in [3.63, 3.8) is 0 Å². The smallest absolute Gasteiger partial charge is 0.226 e. The van der Waals surface area contributed by atoms with Crippen LogP contribution in [0.2, 0.25) is 0 Å². The number of rotatable bonds is 28. The van der Waals surface area contributed by atoms with E-state index in [9.17, 15) is 53.4 Å². The van der Waals surface area contributed by atoms with Gasteiger partial charge in [-0.1, -0.05) is 51.1 Å². The number of hydrogen-bond acceptors (Lipinski definition) is 11. The molecule has 0 saturated carbocycles. The molecule has 1 aromatic rings. The van der Waals surface area contributed by atoms with Crippen molar-refractivity contribution < 1.29 is 53.4 Å². The molecule has 16 nitrogen and oxygen atoms in total. The molecule has 0 saturated heterocycles. The van der Waals surface area contributed by atoms with Crippen LogP contribution in [0.15, 0.2) is 30.3 Å². The molecule has 9 N–H and O–H groups in total. The topological polar surface area (TPSA) is 282 Å². The quantitative estimate of drug-likeness (QED) is 0.0610. The molecule has 0 bridgehead atoms. The number of carbonyl (C=O) groups is 9. The summed E-state index contributed by atoms with van der Waals surface area (Å²) in [6.07, 6.45) is -3.35. The van der Waals surface area contributed by atoms with Crippen LogP contribution in [0.3, 0.4) is 0 Å². The van der Waals surface area contributed by atoms with Gasteiger partial charge in [0, 0.05) is 50.4 Å². The summed E-state index contributed by atoms with van der Waals surface area (Å²) in [5.41, 5.74) is 11.4. The van der Waals surface area contributed by atoms with Crippen molar-refractivity contribution in [2.45, 2.75) is 123 Å². The first-order chi connectivity index (χ1) is 25.8. The average Bonchev–Trinajstić information content (AvgIpc) is 3.11.